The highest BCUT2D eigenvalue weighted by Gasteiger charge is 2.13. The van der Waals surface area contributed by atoms with E-state index in [0.29, 0.717) is 28.8 Å². The summed E-state index contributed by atoms with van der Waals surface area (Å²) in [5.74, 6) is 0.908. The van der Waals surface area contributed by atoms with E-state index in [4.69, 9.17) is 20.8 Å². The minimum Gasteiger partial charge on any atom is -0.484 e. The Morgan fingerprint density at radius 1 is 1.00 bits per heavy atom. The van der Waals surface area contributed by atoms with Crippen molar-refractivity contribution in [3.8, 4) is 5.75 Å². The number of fused-ring (bicyclic) bond motifs is 1. The highest BCUT2D eigenvalue weighted by atomic mass is 35.5. The van der Waals surface area contributed by atoms with Gasteiger partial charge < -0.3 is 14.5 Å². The third-order valence-corrected chi connectivity index (χ3v) is 5.51. The quantitative estimate of drug-likeness (QED) is 0.317. The van der Waals surface area contributed by atoms with Crippen molar-refractivity contribution in [2.75, 3.05) is 5.32 Å². The SMILES string of the molecule is O=C(Nc1cnn(Cc2cccc3ccccc23)c1)c1ccc(COc2ccccc2Cl)o1. The van der Waals surface area contributed by atoms with Gasteiger partial charge in [0.15, 0.2) is 5.76 Å². The van der Waals surface area contributed by atoms with Crippen LogP contribution in [0.2, 0.25) is 5.02 Å². The van der Waals surface area contributed by atoms with E-state index >= 15 is 0 Å². The largest absolute Gasteiger partial charge is 0.484 e. The maximum Gasteiger partial charge on any atom is 0.291 e. The summed E-state index contributed by atoms with van der Waals surface area (Å²) in [7, 11) is 0. The number of carbonyl (C=O) groups excluding carboxylic acids is 1. The van der Waals surface area contributed by atoms with Crippen LogP contribution in [-0.4, -0.2) is 15.7 Å². The molecule has 0 fully saturated rings. The smallest absolute Gasteiger partial charge is 0.291 e. The van der Waals surface area contributed by atoms with Crippen LogP contribution in [0.15, 0.2) is 95.7 Å². The van der Waals surface area contributed by atoms with Gasteiger partial charge in [-0.05, 0) is 40.6 Å². The summed E-state index contributed by atoms with van der Waals surface area (Å²) < 4.78 is 13.1. The number of ether oxygens (including phenoxy) is 1. The van der Waals surface area contributed by atoms with E-state index in [-0.39, 0.29) is 18.3 Å². The van der Waals surface area contributed by atoms with Crippen molar-refractivity contribution in [3.05, 3.63) is 113 Å². The zero-order valence-corrected chi connectivity index (χ0v) is 18.3. The van der Waals surface area contributed by atoms with Gasteiger partial charge in [-0.15, -0.1) is 0 Å². The highest BCUT2D eigenvalue weighted by molar-refractivity contribution is 6.32. The number of halogens is 1. The first kappa shape index (κ1) is 20.8. The molecule has 0 radical (unpaired) electrons. The molecule has 0 aliphatic carbocycles. The maximum atomic E-state index is 12.6. The van der Waals surface area contributed by atoms with Gasteiger partial charge in [0.2, 0.25) is 0 Å². The molecule has 2 aromatic heterocycles. The van der Waals surface area contributed by atoms with Gasteiger partial charge in [-0.25, -0.2) is 0 Å². The van der Waals surface area contributed by atoms with Gasteiger partial charge in [0.1, 0.15) is 18.1 Å². The van der Waals surface area contributed by atoms with E-state index in [2.05, 4.69) is 34.7 Å². The third-order valence-electron chi connectivity index (χ3n) is 5.20. The molecule has 1 N–H and O–H groups in total. The van der Waals surface area contributed by atoms with E-state index < -0.39 is 0 Å². The van der Waals surface area contributed by atoms with E-state index in [9.17, 15) is 4.79 Å². The molecule has 0 saturated heterocycles. The van der Waals surface area contributed by atoms with Gasteiger partial charge >= 0.3 is 0 Å². The summed E-state index contributed by atoms with van der Waals surface area (Å²) in [6.45, 7) is 0.765. The Hall–Kier alpha value is -4.03. The second-order valence-corrected chi connectivity index (χ2v) is 7.91. The van der Waals surface area contributed by atoms with Crippen LogP contribution in [0.3, 0.4) is 0 Å². The molecule has 7 heteroatoms. The topological polar surface area (TPSA) is 69.3 Å². The Kier molecular flexibility index (Phi) is 5.83. The molecule has 0 saturated carbocycles. The Bertz CT molecular complexity index is 1420. The molecule has 0 bridgehead atoms. The molecule has 5 aromatic rings. The molecule has 5 rings (SSSR count). The lowest BCUT2D eigenvalue weighted by Crippen LogP contribution is -2.10. The fraction of sp³-hybridized carbons (Fsp3) is 0.0769. The Morgan fingerprint density at radius 2 is 1.82 bits per heavy atom. The van der Waals surface area contributed by atoms with E-state index in [0.717, 1.165) is 5.56 Å². The zero-order chi connectivity index (χ0) is 22.6. The molecular formula is C26H20ClN3O3. The number of hydrogen-bond acceptors (Lipinski definition) is 4. The molecule has 2 heterocycles. The average Bonchev–Trinajstić information content (AvgIpc) is 3.48. The minimum atomic E-state index is -0.358. The lowest BCUT2D eigenvalue weighted by atomic mass is 10.0. The summed E-state index contributed by atoms with van der Waals surface area (Å²) in [4.78, 5) is 12.6. The Labute approximate surface area is 195 Å². The van der Waals surface area contributed by atoms with Crippen LogP contribution < -0.4 is 10.1 Å². The molecule has 0 atom stereocenters. The molecule has 6 nitrogen and oxygen atoms in total. The molecule has 1 amide bonds. The van der Waals surface area contributed by atoms with Crippen LogP contribution in [0.1, 0.15) is 21.9 Å². The number of aromatic nitrogens is 2. The predicted octanol–water partition coefficient (Wildman–Crippen LogP) is 6.16. The lowest BCUT2D eigenvalue weighted by molar-refractivity contribution is 0.0992. The number of carbonyl (C=O) groups is 1. The number of hydrogen-bond donors (Lipinski definition) is 1. The normalized spacial score (nSPS) is 10.9. The van der Waals surface area contributed by atoms with Gasteiger partial charge in [-0.2, -0.15) is 5.10 Å². The van der Waals surface area contributed by atoms with Crippen LogP contribution in [-0.2, 0) is 13.2 Å². The van der Waals surface area contributed by atoms with Gasteiger partial charge in [-0.3, -0.25) is 9.48 Å². The first-order valence-electron chi connectivity index (χ1n) is 10.4. The van der Waals surface area contributed by atoms with E-state index in [1.165, 1.54) is 10.8 Å². The number of benzene rings is 3. The third kappa shape index (κ3) is 4.76. The van der Waals surface area contributed by atoms with E-state index in [1.54, 1.807) is 41.3 Å². The molecule has 3 aromatic carbocycles. The van der Waals surface area contributed by atoms with E-state index in [1.807, 2.05) is 30.3 Å². The molecule has 0 unspecified atom stereocenters. The van der Waals surface area contributed by atoms with Crippen molar-refractivity contribution in [2.45, 2.75) is 13.2 Å². The van der Waals surface area contributed by atoms with Crippen LogP contribution in [0.5, 0.6) is 5.75 Å². The summed E-state index contributed by atoms with van der Waals surface area (Å²) in [6, 6.07) is 24.9. The Morgan fingerprint density at radius 3 is 2.73 bits per heavy atom. The molecule has 0 spiro atoms. The second-order valence-electron chi connectivity index (χ2n) is 7.50. The fourth-order valence-electron chi connectivity index (χ4n) is 3.60. The van der Waals surface area contributed by atoms with Crippen molar-refractivity contribution in [1.29, 1.82) is 0 Å². The summed E-state index contributed by atoms with van der Waals surface area (Å²) in [6.07, 6.45) is 3.41. The minimum absolute atomic E-state index is 0.167. The molecule has 0 aliphatic heterocycles. The van der Waals surface area contributed by atoms with Crippen LogP contribution >= 0.6 is 11.6 Å². The number of anilines is 1. The second kappa shape index (κ2) is 9.22. The van der Waals surface area contributed by atoms with Crippen molar-refractivity contribution >= 4 is 34.0 Å². The lowest BCUT2D eigenvalue weighted by Gasteiger charge is -2.06. The van der Waals surface area contributed by atoms with Crippen molar-refractivity contribution in [1.82, 2.24) is 9.78 Å². The number of para-hydroxylation sites is 1. The summed E-state index contributed by atoms with van der Waals surface area (Å²) >= 11 is 6.09. The monoisotopic (exact) mass is 457 g/mol. The number of furan rings is 1. The van der Waals surface area contributed by atoms with Crippen LogP contribution in [0, 0.1) is 0 Å². The first-order chi connectivity index (χ1) is 16.2. The Balaban J connectivity index is 1.22. The predicted molar refractivity (Wildman–Crippen MR) is 128 cm³/mol. The average molecular weight is 458 g/mol. The van der Waals surface area contributed by atoms with Gasteiger partial charge in [0.05, 0.1) is 23.5 Å². The maximum absolute atomic E-state index is 12.6. The number of rotatable bonds is 7. The number of nitrogens with one attached hydrogen (secondary N) is 1. The zero-order valence-electron chi connectivity index (χ0n) is 17.6. The van der Waals surface area contributed by atoms with Crippen LogP contribution in [0.4, 0.5) is 5.69 Å². The highest BCUT2D eigenvalue weighted by Crippen LogP contribution is 2.24. The molecule has 164 valence electrons. The van der Waals surface area contributed by atoms with Gasteiger partial charge in [0, 0.05) is 6.20 Å². The molecular weight excluding hydrogens is 438 g/mol. The van der Waals surface area contributed by atoms with Crippen molar-refractivity contribution in [3.63, 3.8) is 0 Å². The first-order valence-corrected chi connectivity index (χ1v) is 10.8. The standard InChI is InChI=1S/C26H20ClN3O3/c27-23-10-3-4-11-24(23)32-17-21-12-13-25(33-21)26(31)29-20-14-28-30(16-20)15-19-8-5-7-18-6-1-2-9-22(18)19/h1-14,16H,15,17H2,(H,29,31). The van der Waals surface area contributed by atoms with Gasteiger partial charge in [-0.1, -0.05) is 66.2 Å². The fourth-order valence-corrected chi connectivity index (χ4v) is 3.79. The molecule has 33 heavy (non-hydrogen) atoms. The molecule has 0 aliphatic rings. The van der Waals surface area contributed by atoms with Crippen LogP contribution in [0.25, 0.3) is 10.8 Å². The summed E-state index contributed by atoms with van der Waals surface area (Å²) in [5, 5.41) is 10.1. The summed E-state index contributed by atoms with van der Waals surface area (Å²) in [5.41, 5.74) is 1.74. The van der Waals surface area contributed by atoms with Crippen molar-refractivity contribution in [2.24, 2.45) is 0 Å². The van der Waals surface area contributed by atoms with Gasteiger partial charge in [0.25, 0.3) is 5.91 Å². The number of amides is 1. The number of nitrogens with zero attached hydrogens (tertiary/aromatic N) is 2. The van der Waals surface area contributed by atoms with Crippen molar-refractivity contribution < 1.29 is 13.9 Å².